The largest absolute Gasteiger partial charge is 0.299 e. The minimum atomic E-state index is -0.128. The number of nitrogens with zero attached hydrogens (tertiary/aromatic N) is 1. The Hall–Kier alpha value is -1.26. The van der Waals surface area contributed by atoms with Crippen molar-refractivity contribution in [2.45, 2.75) is 70.3 Å². The van der Waals surface area contributed by atoms with Gasteiger partial charge in [-0.15, -0.1) is 0 Å². The molecular weight excluding hydrogens is 502 g/mol. The van der Waals surface area contributed by atoms with E-state index in [-0.39, 0.29) is 12.0 Å². The Morgan fingerprint density at radius 2 is 1.30 bits per heavy atom. The summed E-state index contributed by atoms with van der Waals surface area (Å²) in [6.45, 7) is 0. The Bertz CT molecular complexity index is 814. The van der Waals surface area contributed by atoms with Gasteiger partial charge in [-0.25, -0.2) is 0 Å². The van der Waals surface area contributed by atoms with Gasteiger partial charge in [0.2, 0.25) is 0 Å². The van der Waals surface area contributed by atoms with Crippen molar-refractivity contribution >= 4 is 43.9 Å². The Balaban J connectivity index is 1.87. The molecule has 160 valence electrons. The van der Waals surface area contributed by atoms with Gasteiger partial charge in [0.25, 0.3) is 0 Å². The molecule has 1 aliphatic carbocycles. The van der Waals surface area contributed by atoms with Crippen molar-refractivity contribution in [3.8, 4) is 0 Å². The van der Waals surface area contributed by atoms with Crippen LogP contribution in [-0.2, 0) is 4.79 Å². The second-order valence-corrected chi connectivity index (χ2v) is 10.1. The maximum Gasteiger partial charge on any atom is 0.138 e. The summed E-state index contributed by atoms with van der Waals surface area (Å²) in [7, 11) is 0. The Morgan fingerprint density at radius 1 is 0.767 bits per heavy atom. The maximum absolute atomic E-state index is 13.3. The summed E-state index contributed by atoms with van der Waals surface area (Å²) < 4.78 is 2.10. The molecule has 2 aromatic rings. The molecule has 3 rings (SSSR count). The second kappa shape index (κ2) is 12.6. The number of benzene rings is 2. The molecule has 1 saturated carbocycles. The van der Waals surface area contributed by atoms with Crippen LogP contribution >= 0.6 is 31.9 Å². The zero-order chi connectivity index (χ0) is 21.2. The Labute approximate surface area is 197 Å². The highest BCUT2D eigenvalue weighted by molar-refractivity contribution is 9.10. The lowest BCUT2D eigenvalue weighted by atomic mass is 9.83. The number of halogens is 2. The third kappa shape index (κ3) is 7.46. The SMILES string of the molecule is O=C1CCCCCCCCCCC1C(N=Cc1ccc(Br)cc1)c1ccc(Br)cc1. The third-order valence-corrected chi connectivity index (χ3v) is 7.01. The van der Waals surface area contributed by atoms with Gasteiger partial charge >= 0.3 is 0 Å². The van der Waals surface area contributed by atoms with Gasteiger partial charge < -0.3 is 0 Å². The number of hydrogen-bond donors (Lipinski definition) is 0. The van der Waals surface area contributed by atoms with Crippen LogP contribution in [0.4, 0.5) is 0 Å². The third-order valence-electron chi connectivity index (χ3n) is 5.95. The Kier molecular flexibility index (Phi) is 9.80. The van der Waals surface area contributed by atoms with Crippen molar-refractivity contribution in [1.82, 2.24) is 0 Å². The minimum absolute atomic E-state index is 0.0442. The van der Waals surface area contributed by atoms with Gasteiger partial charge in [-0.3, -0.25) is 9.79 Å². The van der Waals surface area contributed by atoms with Gasteiger partial charge in [0.1, 0.15) is 5.78 Å². The molecule has 2 aromatic carbocycles. The van der Waals surface area contributed by atoms with E-state index in [4.69, 9.17) is 4.99 Å². The average Bonchev–Trinajstić information content (AvgIpc) is 2.74. The summed E-state index contributed by atoms with van der Waals surface area (Å²) in [5, 5.41) is 0. The average molecular weight is 533 g/mol. The summed E-state index contributed by atoms with van der Waals surface area (Å²) >= 11 is 7.02. The molecule has 30 heavy (non-hydrogen) atoms. The molecule has 0 amide bonds. The maximum atomic E-state index is 13.3. The number of ketones is 1. The predicted molar refractivity (Wildman–Crippen MR) is 133 cm³/mol. The first kappa shape index (κ1) is 23.4. The van der Waals surface area contributed by atoms with E-state index in [1.807, 2.05) is 18.3 Å². The van der Waals surface area contributed by atoms with E-state index >= 15 is 0 Å². The summed E-state index contributed by atoms with van der Waals surface area (Å²) in [4.78, 5) is 18.3. The summed E-state index contributed by atoms with van der Waals surface area (Å²) in [5.74, 6) is 0.341. The highest BCUT2D eigenvalue weighted by Gasteiger charge is 2.28. The van der Waals surface area contributed by atoms with E-state index < -0.39 is 0 Å². The van der Waals surface area contributed by atoms with Crippen LogP contribution in [0.5, 0.6) is 0 Å². The minimum Gasteiger partial charge on any atom is -0.299 e. The zero-order valence-electron chi connectivity index (χ0n) is 17.5. The fourth-order valence-electron chi connectivity index (χ4n) is 4.20. The summed E-state index contributed by atoms with van der Waals surface area (Å²) in [6, 6.07) is 16.3. The number of hydrogen-bond acceptors (Lipinski definition) is 2. The predicted octanol–water partition coefficient (Wildman–Crippen LogP) is 8.47. The van der Waals surface area contributed by atoms with Crippen LogP contribution in [0.15, 0.2) is 62.5 Å². The van der Waals surface area contributed by atoms with E-state index in [1.54, 1.807) is 0 Å². The van der Waals surface area contributed by atoms with Gasteiger partial charge in [0, 0.05) is 27.5 Å². The molecule has 0 bridgehead atoms. The lowest BCUT2D eigenvalue weighted by molar-refractivity contribution is -0.124. The van der Waals surface area contributed by atoms with Gasteiger partial charge in [-0.1, -0.05) is 101 Å². The van der Waals surface area contributed by atoms with Crippen LogP contribution in [0.3, 0.4) is 0 Å². The van der Waals surface area contributed by atoms with Gasteiger partial charge in [0.05, 0.1) is 6.04 Å². The van der Waals surface area contributed by atoms with Gasteiger partial charge in [-0.05, 0) is 48.2 Å². The molecule has 0 spiro atoms. The van der Waals surface area contributed by atoms with Crippen molar-refractivity contribution in [1.29, 1.82) is 0 Å². The van der Waals surface area contributed by atoms with Crippen LogP contribution in [0.25, 0.3) is 0 Å². The normalized spacial score (nSPS) is 20.5. The highest BCUT2D eigenvalue weighted by atomic mass is 79.9. The van der Waals surface area contributed by atoms with Crippen molar-refractivity contribution in [2.24, 2.45) is 10.9 Å². The number of Topliss-reactive ketones (excluding diaryl/α,β-unsaturated/α-hetero) is 1. The molecule has 0 saturated heterocycles. The van der Waals surface area contributed by atoms with Gasteiger partial charge in [0.15, 0.2) is 0 Å². The van der Waals surface area contributed by atoms with Crippen LogP contribution in [0, 0.1) is 5.92 Å². The first-order chi connectivity index (χ1) is 14.6. The number of carbonyl (C=O) groups is 1. The monoisotopic (exact) mass is 531 g/mol. The zero-order valence-corrected chi connectivity index (χ0v) is 20.7. The van der Waals surface area contributed by atoms with Crippen molar-refractivity contribution in [2.75, 3.05) is 0 Å². The Morgan fingerprint density at radius 3 is 1.93 bits per heavy atom. The van der Waals surface area contributed by atoms with E-state index in [0.29, 0.717) is 12.2 Å². The smallest absolute Gasteiger partial charge is 0.138 e. The molecule has 1 fully saturated rings. The molecule has 0 aliphatic heterocycles. The van der Waals surface area contributed by atoms with E-state index in [2.05, 4.69) is 68.3 Å². The molecule has 2 atom stereocenters. The number of aliphatic imine (C=N–C) groups is 1. The molecule has 0 radical (unpaired) electrons. The van der Waals surface area contributed by atoms with E-state index in [1.165, 1.54) is 38.5 Å². The van der Waals surface area contributed by atoms with Crippen LogP contribution in [0.1, 0.15) is 81.4 Å². The second-order valence-electron chi connectivity index (χ2n) is 8.27. The number of carbonyl (C=O) groups excluding carboxylic acids is 1. The lowest BCUT2D eigenvalue weighted by Gasteiger charge is -2.24. The summed E-state index contributed by atoms with van der Waals surface area (Å²) in [6.07, 6.45) is 13.2. The first-order valence-corrected chi connectivity index (χ1v) is 12.8. The van der Waals surface area contributed by atoms with E-state index in [0.717, 1.165) is 39.3 Å². The molecule has 4 heteroatoms. The molecule has 0 N–H and O–H groups in total. The van der Waals surface area contributed by atoms with Crippen molar-refractivity contribution in [3.05, 3.63) is 68.6 Å². The van der Waals surface area contributed by atoms with E-state index in [9.17, 15) is 4.79 Å². The van der Waals surface area contributed by atoms with Crippen LogP contribution in [-0.4, -0.2) is 12.0 Å². The van der Waals surface area contributed by atoms with Crippen molar-refractivity contribution in [3.63, 3.8) is 0 Å². The molecular formula is C26H31Br2NO. The standard InChI is InChI=1S/C26H31Br2NO/c27-22-15-11-20(12-16-22)19-29-26(21-13-17-23(28)18-14-21)24-9-7-5-3-1-2-4-6-8-10-25(24)30/h11-19,24,26H,1-10H2. The fourth-order valence-corrected chi connectivity index (χ4v) is 4.73. The molecule has 0 heterocycles. The highest BCUT2D eigenvalue weighted by Crippen LogP contribution is 2.34. The topological polar surface area (TPSA) is 29.4 Å². The number of rotatable bonds is 4. The van der Waals surface area contributed by atoms with Crippen molar-refractivity contribution < 1.29 is 4.79 Å². The lowest BCUT2D eigenvalue weighted by Crippen LogP contribution is -2.22. The first-order valence-electron chi connectivity index (χ1n) is 11.2. The van der Waals surface area contributed by atoms with Crippen LogP contribution in [0.2, 0.25) is 0 Å². The van der Waals surface area contributed by atoms with Gasteiger partial charge in [-0.2, -0.15) is 0 Å². The molecule has 2 unspecified atom stereocenters. The summed E-state index contributed by atoms with van der Waals surface area (Å²) in [5.41, 5.74) is 2.18. The fraction of sp³-hybridized carbons (Fsp3) is 0.462. The quantitative estimate of drug-likeness (QED) is 0.363. The molecule has 2 nitrogen and oxygen atoms in total. The molecule has 1 aliphatic rings. The molecule has 0 aromatic heterocycles. The van der Waals surface area contributed by atoms with Crippen LogP contribution < -0.4 is 0 Å².